The van der Waals surface area contributed by atoms with E-state index in [1.165, 1.54) is 18.2 Å². The number of hydrogen-bond donors (Lipinski definition) is 1. The van der Waals surface area contributed by atoms with Crippen molar-refractivity contribution >= 4 is 27.9 Å². The highest BCUT2D eigenvalue weighted by molar-refractivity contribution is 7.17. The Labute approximate surface area is 173 Å². The van der Waals surface area contributed by atoms with Crippen LogP contribution < -0.4 is 15.6 Å². The van der Waals surface area contributed by atoms with Gasteiger partial charge in [-0.05, 0) is 42.7 Å². The lowest BCUT2D eigenvalue weighted by molar-refractivity contribution is 0.102. The first-order valence-corrected chi connectivity index (χ1v) is 10.6. The van der Waals surface area contributed by atoms with Crippen LogP contribution in [0.4, 0.5) is 5.69 Å². The molecule has 3 aromatic rings. The van der Waals surface area contributed by atoms with Crippen LogP contribution in [0.5, 0.6) is 5.75 Å². The number of carbonyl (C=O) groups excluding carboxylic acids is 1. The fourth-order valence-corrected chi connectivity index (χ4v) is 5.14. The Morgan fingerprint density at radius 2 is 2.07 bits per heavy atom. The average molecular weight is 412 g/mol. The van der Waals surface area contributed by atoms with E-state index < -0.39 is 5.91 Å². The van der Waals surface area contributed by atoms with Crippen molar-refractivity contribution in [3.05, 3.63) is 57.0 Å². The third kappa shape index (κ3) is 3.55. The van der Waals surface area contributed by atoms with Gasteiger partial charge in [0.15, 0.2) is 4.96 Å². The second-order valence-corrected chi connectivity index (χ2v) is 9.59. The zero-order valence-corrected chi connectivity index (χ0v) is 17.9. The van der Waals surface area contributed by atoms with Gasteiger partial charge in [-0.2, -0.15) is 0 Å². The van der Waals surface area contributed by atoms with Gasteiger partial charge in [-0.25, -0.2) is 4.98 Å². The number of methoxy groups -OCH3 is 1. The Hall–Kier alpha value is -2.67. The molecule has 0 fully saturated rings. The molecule has 7 heteroatoms. The van der Waals surface area contributed by atoms with Gasteiger partial charge in [0, 0.05) is 10.6 Å². The van der Waals surface area contributed by atoms with Gasteiger partial charge < -0.3 is 10.1 Å². The maximum Gasteiger partial charge on any atom is 0.282 e. The summed E-state index contributed by atoms with van der Waals surface area (Å²) in [5.74, 6) is 0.655. The summed E-state index contributed by atoms with van der Waals surface area (Å²) in [4.78, 5) is 32.2. The number of rotatable bonds is 3. The first-order chi connectivity index (χ1) is 13.8. The van der Waals surface area contributed by atoms with Gasteiger partial charge in [0.2, 0.25) is 0 Å². The lowest BCUT2D eigenvalue weighted by Gasteiger charge is -2.33. The zero-order valence-electron chi connectivity index (χ0n) is 17.1. The van der Waals surface area contributed by atoms with Crippen LogP contribution in [-0.4, -0.2) is 22.4 Å². The summed E-state index contributed by atoms with van der Waals surface area (Å²) in [6.45, 7) is 6.81. The second-order valence-electron chi connectivity index (χ2n) is 8.53. The van der Waals surface area contributed by atoms with E-state index in [9.17, 15) is 9.59 Å². The quantitative estimate of drug-likeness (QED) is 0.702. The van der Waals surface area contributed by atoms with Gasteiger partial charge in [0.05, 0.1) is 18.9 Å². The summed E-state index contributed by atoms with van der Waals surface area (Å²) in [7, 11) is 1.51. The fraction of sp³-hybridized carbons (Fsp3) is 0.409. The normalized spacial score (nSPS) is 16.5. The molecule has 0 bridgehead atoms. The molecule has 0 saturated carbocycles. The minimum absolute atomic E-state index is 0.178. The SMILES string of the molecule is COc1ccccc1C(=O)Nc1cnc2sc3c(n2c1=O)CC[C@H](C(C)(C)C)C3. The van der Waals surface area contributed by atoms with Crippen molar-refractivity contribution in [1.82, 2.24) is 9.38 Å². The Bertz CT molecular complexity index is 1140. The first kappa shape index (κ1) is 19.6. The molecule has 1 amide bonds. The number of anilines is 1. The third-order valence-corrected chi connectivity index (χ3v) is 6.84. The van der Waals surface area contributed by atoms with Crippen molar-refractivity contribution < 1.29 is 9.53 Å². The van der Waals surface area contributed by atoms with Crippen LogP contribution in [0.2, 0.25) is 0 Å². The van der Waals surface area contributed by atoms with E-state index >= 15 is 0 Å². The van der Waals surface area contributed by atoms with Gasteiger partial charge in [-0.1, -0.05) is 32.9 Å². The Kier molecular flexibility index (Phi) is 4.94. The molecular weight excluding hydrogens is 386 g/mol. The number of thiazole rings is 1. The van der Waals surface area contributed by atoms with E-state index in [2.05, 4.69) is 31.1 Å². The van der Waals surface area contributed by atoms with Crippen LogP contribution in [-0.2, 0) is 12.8 Å². The molecule has 0 saturated heterocycles. The van der Waals surface area contributed by atoms with Crippen molar-refractivity contribution in [2.75, 3.05) is 12.4 Å². The van der Waals surface area contributed by atoms with Crippen LogP contribution in [0.3, 0.4) is 0 Å². The topological polar surface area (TPSA) is 72.7 Å². The molecule has 29 heavy (non-hydrogen) atoms. The summed E-state index contributed by atoms with van der Waals surface area (Å²) in [5.41, 5.74) is 1.60. The lowest BCUT2D eigenvalue weighted by atomic mass is 9.73. The summed E-state index contributed by atoms with van der Waals surface area (Å²) in [6, 6.07) is 6.92. The number of nitrogens with zero attached hydrogens (tertiary/aromatic N) is 2. The van der Waals surface area contributed by atoms with Crippen LogP contribution in [0.15, 0.2) is 35.3 Å². The van der Waals surface area contributed by atoms with E-state index in [0.717, 1.165) is 25.0 Å². The fourth-order valence-electron chi connectivity index (χ4n) is 3.94. The number of ether oxygens (including phenoxy) is 1. The first-order valence-electron chi connectivity index (χ1n) is 9.76. The minimum Gasteiger partial charge on any atom is -0.496 e. The van der Waals surface area contributed by atoms with Crippen LogP contribution in [0.25, 0.3) is 4.96 Å². The number of fused-ring (bicyclic) bond motifs is 3. The minimum atomic E-state index is -0.391. The smallest absolute Gasteiger partial charge is 0.282 e. The number of aryl methyl sites for hydroxylation is 1. The monoisotopic (exact) mass is 411 g/mol. The molecule has 6 nitrogen and oxygen atoms in total. The molecule has 1 N–H and O–H groups in total. The summed E-state index contributed by atoms with van der Waals surface area (Å²) < 4.78 is 6.92. The molecule has 2 aromatic heterocycles. The highest BCUT2D eigenvalue weighted by atomic mass is 32.1. The number of benzene rings is 1. The van der Waals surface area contributed by atoms with Crippen LogP contribution >= 0.6 is 11.3 Å². The number of aromatic nitrogens is 2. The average Bonchev–Trinajstić information content (AvgIpc) is 3.07. The van der Waals surface area contributed by atoms with E-state index in [0.29, 0.717) is 22.2 Å². The van der Waals surface area contributed by atoms with Crippen LogP contribution in [0.1, 0.15) is 48.1 Å². The molecular formula is C22H25N3O3S. The van der Waals surface area contributed by atoms with Crippen LogP contribution in [0, 0.1) is 11.3 Å². The lowest BCUT2D eigenvalue weighted by Crippen LogP contribution is -2.28. The van der Waals surface area contributed by atoms with Crippen molar-refractivity contribution in [2.24, 2.45) is 11.3 Å². The maximum atomic E-state index is 13.1. The van der Waals surface area contributed by atoms with Gasteiger partial charge in [-0.15, -0.1) is 11.3 Å². The molecule has 2 heterocycles. The molecule has 152 valence electrons. The van der Waals surface area contributed by atoms with Gasteiger partial charge >= 0.3 is 0 Å². The number of carbonyl (C=O) groups is 1. The van der Waals surface area contributed by atoms with Crippen molar-refractivity contribution in [3.63, 3.8) is 0 Å². The van der Waals surface area contributed by atoms with Crippen molar-refractivity contribution in [3.8, 4) is 5.75 Å². The predicted molar refractivity (Wildman–Crippen MR) is 115 cm³/mol. The summed E-state index contributed by atoms with van der Waals surface area (Å²) in [6.07, 6.45) is 4.32. The Morgan fingerprint density at radius 3 is 2.79 bits per heavy atom. The molecule has 1 aliphatic rings. The molecule has 0 aliphatic heterocycles. The van der Waals surface area contributed by atoms with Crippen molar-refractivity contribution in [1.29, 1.82) is 0 Å². The number of hydrogen-bond acceptors (Lipinski definition) is 5. The predicted octanol–water partition coefficient (Wildman–Crippen LogP) is 4.17. The van der Waals surface area contributed by atoms with Gasteiger partial charge in [0.1, 0.15) is 11.4 Å². The van der Waals surface area contributed by atoms with Crippen molar-refractivity contribution in [2.45, 2.75) is 40.0 Å². The highest BCUT2D eigenvalue weighted by Crippen LogP contribution is 2.39. The summed E-state index contributed by atoms with van der Waals surface area (Å²) >= 11 is 1.58. The molecule has 0 radical (unpaired) electrons. The number of nitrogens with one attached hydrogen (secondary N) is 1. The largest absolute Gasteiger partial charge is 0.496 e. The molecule has 0 spiro atoms. The highest BCUT2D eigenvalue weighted by Gasteiger charge is 2.31. The van der Waals surface area contributed by atoms with E-state index in [1.807, 2.05) is 0 Å². The van der Waals surface area contributed by atoms with E-state index in [4.69, 9.17) is 4.74 Å². The van der Waals surface area contributed by atoms with E-state index in [-0.39, 0.29) is 16.7 Å². The molecule has 1 aliphatic carbocycles. The molecule has 4 rings (SSSR count). The molecule has 1 aromatic carbocycles. The van der Waals surface area contributed by atoms with E-state index in [1.54, 1.807) is 40.0 Å². The number of amides is 1. The molecule has 1 atom stereocenters. The zero-order chi connectivity index (χ0) is 20.8. The Balaban J connectivity index is 1.69. The number of para-hydroxylation sites is 1. The molecule has 0 unspecified atom stereocenters. The maximum absolute atomic E-state index is 13.1. The van der Waals surface area contributed by atoms with Gasteiger partial charge in [-0.3, -0.25) is 14.0 Å². The summed E-state index contributed by atoms with van der Waals surface area (Å²) in [5, 5.41) is 2.71. The van der Waals surface area contributed by atoms with Gasteiger partial charge in [0.25, 0.3) is 11.5 Å². The third-order valence-electron chi connectivity index (χ3n) is 5.72. The standard InChI is InChI=1S/C22H25N3O3S/c1-22(2,3)13-9-10-16-18(11-13)29-21-23-12-15(20(27)25(16)21)24-19(26)14-7-5-6-8-17(14)28-4/h5-8,12-13H,9-11H2,1-4H3,(H,24,26)/t13-/m0/s1. The second kappa shape index (κ2) is 7.30. The Morgan fingerprint density at radius 1 is 1.31 bits per heavy atom.